The topological polar surface area (TPSA) is 92.5 Å². The van der Waals surface area contributed by atoms with E-state index in [1.165, 1.54) is 4.90 Å². The number of benzene rings is 1. The normalized spacial score (nSPS) is 20.5. The van der Waals surface area contributed by atoms with E-state index in [0.717, 1.165) is 11.8 Å². The first kappa shape index (κ1) is 18.5. The number of sulfonamides is 1. The Kier molecular flexibility index (Phi) is 5.10. The van der Waals surface area contributed by atoms with Crippen molar-refractivity contribution in [2.24, 2.45) is 0 Å². The van der Waals surface area contributed by atoms with Gasteiger partial charge in [0.25, 0.3) is 5.91 Å². The summed E-state index contributed by atoms with van der Waals surface area (Å²) in [4.78, 5) is 14.4. The molecule has 0 saturated carbocycles. The number of hydrogen-bond acceptors (Lipinski definition) is 5. The summed E-state index contributed by atoms with van der Waals surface area (Å²) in [6.07, 6.45) is -0.0940. The van der Waals surface area contributed by atoms with Crippen LogP contribution in [0, 0.1) is 6.92 Å². The maximum Gasteiger partial charge on any atom is 0.260 e. The molecule has 3 rings (SSSR count). The molecule has 0 aliphatic carbocycles. The first-order chi connectivity index (χ1) is 12.3. The highest BCUT2D eigenvalue weighted by molar-refractivity contribution is 7.88. The van der Waals surface area contributed by atoms with Gasteiger partial charge in [-0.1, -0.05) is 35.5 Å². The fourth-order valence-electron chi connectivity index (χ4n) is 3.11. The van der Waals surface area contributed by atoms with Crippen molar-refractivity contribution in [3.05, 3.63) is 41.7 Å². The van der Waals surface area contributed by atoms with Gasteiger partial charge in [0, 0.05) is 24.6 Å². The number of aromatic nitrogens is 1. The average molecular weight is 381 g/mol. The largest absolute Gasteiger partial charge is 0.360 e. The van der Waals surface area contributed by atoms with Crippen molar-refractivity contribution in [3.8, 4) is 11.3 Å². The van der Waals surface area contributed by atoms with E-state index in [1.54, 1.807) is 19.1 Å². The predicted octanol–water partition coefficient (Wildman–Crippen LogP) is 1.75. The van der Waals surface area contributed by atoms with Crippen LogP contribution >= 0.6 is 0 Å². The smallest absolute Gasteiger partial charge is 0.260 e. The summed E-state index contributed by atoms with van der Waals surface area (Å²) in [5, 5.41) is 3.98. The Morgan fingerprint density at radius 2 is 2.08 bits per heavy atom. The molecule has 1 fully saturated rings. The third-order valence-electron chi connectivity index (χ3n) is 4.33. The Morgan fingerprint density at radius 1 is 1.38 bits per heavy atom. The lowest BCUT2D eigenvalue weighted by atomic mass is 10.0. The Hall–Kier alpha value is -2.26. The molecular weight excluding hydrogens is 361 g/mol. The van der Waals surface area contributed by atoms with Gasteiger partial charge < -0.3 is 9.42 Å². The maximum atomic E-state index is 14.0. The van der Waals surface area contributed by atoms with Crippen LogP contribution in [-0.4, -0.2) is 55.9 Å². The van der Waals surface area contributed by atoms with Gasteiger partial charge in [0.2, 0.25) is 10.0 Å². The van der Waals surface area contributed by atoms with Gasteiger partial charge in [-0.25, -0.2) is 17.5 Å². The van der Waals surface area contributed by atoms with Gasteiger partial charge >= 0.3 is 0 Å². The summed E-state index contributed by atoms with van der Waals surface area (Å²) in [6, 6.07) is 8.53. The van der Waals surface area contributed by atoms with Crippen molar-refractivity contribution in [1.29, 1.82) is 0 Å². The van der Waals surface area contributed by atoms with Gasteiger partial charge in [0.1, 0.15) is 23.2 Å². The van der Waals surface area contributed by atoms with Crippen LogP contribution in [0.3, 0.4) is 0 Å². The van der Waals surface area contributed by atoms with Crippen LogP contribution in [0.25, 0.3) is 11.3 Å². The zero-order chi connectivity index (χ0) is 18.9. The molecule has 2 atom stereocenters. The molecule has 1 aliphatic heterocycles. The van der Waals surface area contributed by atoms with E-state index < -0.39 is 28.1 Å². The molecule has 9 heteroatoms. The van der Waals surface area contributed by atoms with Crippen LogP contribution in [0.1, 0.15) is 22.5 Å². The molecule has 1 saturated heterocycles. The van der Waals surface area contributed by atoms with Crippen LogP contribution in [0.2, 0.25) is 0 Å². The van der Waals surface area contributed by atoms with E-state index in [9.17, 15) is 17.6 Å². The minimum Gasteiger partial charge on any atom is -0.360 e. The summed E-state index contributed by atoms with van der Waals surface area (Å²) in [7, 11) is -3.43. The number of halogens is 1. The van der Waals surface area contributed by atoms with Gasteiger partial charge in [0.15, 0.2) is 0 Å². The zero-order valence-corrected chi connectivity index (χ0v) is 15.3. The van der Waals surface area contributed by atoms with Gasteiger partial charge in [-0.3, -0.25) is 4.79 Å². The standard InChI is InChI=1S/C17H20FN3O4S/c1-11-15(16(20-25-11)12-6-4-3-5-7-12)17(22)21-10-13(18)8-14(21)9-19-26(2,23)24/h3-7,13-14,19H,8-10H2,1-2H3/t13-,14-/m0/s1. The van der Waals surface area contributed by atoms with Crippen molar-refractivity contribution in [2.75, 3.05) is 19.3 Å². The molecule has 1 aliphatic rings. The Balaban J connectivity index is 1.90. The monoisotopic (exact) mass is 381 g/mol. The van der Waals surface area contributed by atoms with Crippen molar-refractivity contribution in [2.45, 2.75) is 25.6 Å². The first-order valence-corrected chi connectivity index (χ1v) is 10.1. The average Bonchev–Trinajstić information content (AvgIpc) is 3.15. The van der Waals surface area contributed by atoms with Gasteiger partial charge in [-0.2, -0.15) is 0 Å². The second-order valence-electron chi connectivity index (χ2n) is 6.39. The molecule has 0 spiro atoms. The summed E-state index contributed by atoms with van der Waals surface area (Å²) < 4.78 is 44.2. The van der Waals surface area contributed by atoms with Crippen molar-refractivity contribution < 1.29 is 22.1 Å². The highest BCUT2D eigenvalue weighted by atomic mass is 32.2. The summed E-state index contributed by atoms with van der Waals surface area (Å²) in [6.45, 7) is 1.50. The molecule has 140 valence electrons. The lowest BCUT2D eigenvalue weighted by Crippen LogP contribution is -2.43. The number of carbonyl (C=O) groups is 1. The predicted molar refractivity (Wildman–Crippen MR) is 93.9 cm³/mol. The second kappa shape index (κ2) is 7.16. The number of nitrogens with one attached hydrogen (secondary N) is 1. The van der Waals surface area contributed by atoms with Crippen molar-refractivity contribution in [3.63, 3.8) is 0 Å². The van der Waals surface area contributed by atoms with Crippen LogP contribution in [0.15, 0.2) is 34.9 Å². The maximum absolute atomic E-state index is 14.0. The number of hydrogen-bond donors (Lipinski definition) is 1. The molecule has 0 unspecified atom stereocenters. The summed E-state index contributed by atoms with van der Waals surface area (Å²) in [5.74, 6) is -0.0750. The molecule has 7 nitrogen and oxygen atoms in total. The van der Waals surface area contributed by atoms with Gasteiger partial charge in [0.05, 0.1) is 12.8 Å². The van der Waals surface area contributed by atoms with Crippen LogP contribution < -0.4 is 4.72 Å². The number of carbonyl (C=O) groups excluding carboxylic acids is 1. The second-order valence-corrected chi connectivity index (χ2v) is 8.23. The van der Waals surface area contributed by atoms with E-state index in [1.807, 2.05) is 18.2 Å². The molecular formula is C17H20FN3O4S. The number of aryl methyl sites for hydroxylation is 1. The fourth-order valence-corrected chi connectivity index (χ4v) is 3.61. The third-order valence-corrected chi connectivity index (χ3v) is 5.02. The van der Waals surface area contributed by atoms with Gasteiger partial charge in [-0.15, -0.1) is 0 Å². The lowest BCUT2D eigenvalue weighted by molar-refractivity contribution is 0.0730. The van der Waals surface area contributed by atoms with Gasteiger partial charge in [-0.05, 0) is 6.92 Å². The van der Waals surface area contributed by atoms with E-state index in [4.69, 9.17) is 4.52 Å². The Morgan fingerprint density at radius 3 is 2.73 bits per heavy atom. The minimum atomic E-state index is -3.43. The van der Waals surface area contributed by atoms with Crippen LogP contribution in [0.4, 0.5) is 4.39 Å². The number of likely N-dealkylation sites (tertiary alicyclic amines) is 1. The highest BCUT2D eigenvalue weighted by Gasteiger charge is 2.38. The summed E-state index contributed by atoms with van der Waals surface area (Å²) in [5.41, 5.74) is 1.38. The molecule has 0 radical (unpaired) electrons. The van der Waals surface area contributed by atoms with E-state index >= 15 is 0 Å². The molecule has 1 aromatic carbocycles. The van der Waals surface area contributed by atoms with E-state index in [-0.39, 0.29) is 25.1 Å². The Bertz CT molecular complexity index is 898. The van der Waals surface area contributed by atoms with E-state index in [2.05, 4.69) is 9.88 Å². The number of alkyl halides is 1. The molecule has 1 N–H and O–H groups in total. The zero-order valence-electron chi connectivity index (χ0n) is 14.5. The first-order valence-electron chi connectivity index (χ1n) is 8.17. The number of nitrogens with zero attached hydrogens (tertiary/aromatic N) is 2. The number of amides is 1. The van der Waals surface area contributed by atoms with Crippen molar-refractivity contribution in [1.82, 2.24) is 14.8 Å². The molecule has 2 aromatic rings. The Labute approximate surface area is 151 Å². The summed E-state index contributed by atoms with van der Waals surface area (Å²) >= 11 is 0. The minimum absolute atomic E-state index is 0.0318. The fraction of sp³-hybridized carbons (Fsp3) is 0.412. The lowest BCUT2D eigenvalue weighted by Gasteiger charge is -2.24. The quantitative estimate of drug-likeness (QED) is 0.852. The van der Waals surface area contributed by atoms with Crippen LogP contribution in [0.5, 0.6) is 0 Å². The SMILES string of the molecule is Cc1onc(-c2ccccc2)c1C(=O)N1C[C@@H](F)C[C@H]1CNS(C)(=O)=O. The molecule has 1 aromatic heterocycles. The third kappa shape index (κ3) is 3.94. The molecule has 26 heavy (non-hydrogen) atoms. The highest BCUT2D eigenvalue weighted by Crippen LogP contribution is 2.29. The van der Waals surface area contributed by atoms with E-state index in [0.29, 0.717) is 11.5 Å². The molecule has 2 heterocycles. The van der Waals surface area contributed by atoms with Crippen LogP contribution in [-0.2, 0) is 10.0 Å². The molecule has 1 amide bonds. The molecule has 0 bridgehead atoms. The number of rotatable bonds is 5. The van der Waals surface area contributed by atoms with Crippen molar-refractivity contribution >= 4 is 15.9 Å².